The van der Waals surface area contributed by atoms with Crippen LogP contribution in [-0.4, -0.2) is 12.2 Å². The zero-order valence-electron chi connectivity index (χ0n) is 11.5. The Labute approximate surface area is 138 Å². The third-order valence-corrected chi connectivity index (χ3v) is 3.27. The van der Waals surface area contributed by atoms with Crippen molar-refractivity contribution in [2.24, 2.45) is 21.7 Å². The Bertz CT molecular complexity index is 712. The van der Waals surface area contributed by atoms with Gasteiger partial charge < -0.3 is 16.2 Å². The molecule has 0 bridgehead atoms. The number of hydrogen-bond donors (Lipinski definition) is 2. The third-order valence-electron chi connectivity index (χ3n) is 2.69. The second-order valence-corrected chi connectivity index (χ2v) is 5.18. The molecule has 2 aromatic rings. The smallest absolute Gasteiger partial charge is 0.211 e. The molecular weight excluding hydrogens is 323 g/mol. The van der Waals surface area contributed by atoms with Crippen molar-refractivity contribution in [3.8, 4) is 5.75 Å². The molecule has 7 heteroatoms. The molecule has 0 spiro atoms. The van der Waals surface area contributed by atoms with Crippen LogP contribution in [0.3, 0.4) is 0 Å². The molecule has 4 N–H and O–H groups in total. The third kappa shape index (κ3) is 4.65. The van der Waals surface area contributed by atoms with Crippen LogP contribution in [0.1, 0.15) is 11.1 Å². The predicted molar refractivity (Wildman–Crippen MR) is 90.6 cm³/mol. The van der Waals surface area contributed by atoms with Crippen molar-refractivity contribution >= 4 is 35.4 Å². The van der Waals surface area contributed by atoms with Gasteiger partial charge in [-0.15, -0.1) is 5.10 Å². The van der Waals surface area contributed by atoms with Gasteiger partial charge in [0, 0.05) is 21.2 Å². The van der Waals surface area contributed by atoms with Crippen molar-refractivity contribution in [2.75, 3.05) is 0 Å². The number of benzene rings is 2. The van der Waals surface area contributed by atoms with Gasteiger partial charge in [-0.1, -0.05) is 41.4 Å². The van der Waals surface area contributed by atoms with Crippen LogP contribution in [0.15, 0.2) is 52.7 Å². The lowest BCUT2D eigenvalue weighted by Crippen LogP contribution is -2.21. The minimum atomic E-state index is -0.109. The van der Waals surface area contributed by atoms with E-state index < -0.39 is 0 Å². The van der Waals surface area contributed by atoms with Gasteiger partial charge in [0.05, 0.1) is 6.21 Å². The quantitative estimate of drug-likeness (QED) is 0.499. The van der Waals surface area contributed by atoms with E-state index >= 15 is 0 Å². The van der Waals surface area contributed by atoms with E-state index in [-0.39, 0.29) is 5.96 Å². The molecular formula is C15H14Cl2N4O. The number of rotatable bonds is 5. The number of ether oxygens (including phenoxy) is 1. The molecule has 22 heavy (non-hydrogen) atoms. The van der Waals surface area contributed by atoms with Crippen LogP contribution in [0.2, 0.25) is 10.0 Å². The average molecular weight is 337 g/mol. The minimum absolute atomic E-state index is 0.109. The second kappa shape index (κ2) is 7.68. The van der Waals surface area contributed by atoms with Gasteiger partial charge in [0.1, 0.15) is 12.4 Å². The summed E-state index contributed by atoms with van der Waals surface area (Å²) in [5.74, 6) is 0.533. The Morgan fingerprint density at radius 1 is 1.14 bits per heavy atom. The van der Waals surface area contributed by atoms with E-state index in [0.717, 1.165) is 11.1 Å². The molecule has 5 nitrogen and oxygen atoms in total. The highest BCUT2D eigenvalue weighted by Crippen LogP contribution is 2.23. The lowest BCUT2D eigenvalue weighted by atomic mass is 10.2. The molecule has 114 valence electrons. The van der Waals surface area contributed by atoms with Crippen LogP contribution in [0.5, 0.6) is 5.75 Å². The second-order valence-electron chi connectivity index (χ2n) is 4.33. The average Bonchev–Trinajstić information content (AvgIpc) is 2.47. The number of para-hydroxylation sites is 1. The molecule has 0 radical (unpaired) electrons. The minimum Gasteiger partial charge on any atom is -0.488 e. The summed E-state index contributed by atoms with van der Waals surface area (Å²) in [4.78, 5) is 0. The Morgan fingerprint density at radius 2 is 1.91 bits per heavy atom. The molecule has 0 saturated carbocycles. The number of nitrogens with two attached hydrogens (primary N) is 2. The topological polar surface area (TPSA) is 86.0 Å². The molecule has 0 aliphatic heterocycles. The summed E-state index contributed by atoms with van der Waals surface area (Å²) >= 11 is 12.0. The van der Waals surface area contributed by atoms with Crippen LogP contribution >= 0.6 is 23.2 Å². The van der Waals surface area contributed by atoms with Crippen molar-refractivity contribution in [3.63, 3.8) is 0 Å². The van der Waals surface area contributed by atoms with E-state index in [9.17, 15) is 0 Å². The highest BCUT2D eigenvalue weighted by molar-refractivity contribution is 6.35. The highest BCUT2D eigenvalue weighted by atomic mass is 35.5. The summed E-state index contributed by atoms with van der Waals surface area (Å²) < 4.78 is 5.77. The zero-order chi connectivity index (χ0) is 15.9. The van der Waals surface area contributed by atoms with Crippen molar-refractivity contribution in [1.82, 2.24) is 0 Å². The first kappa shape index (κ1) is 16.1. The Morgan fingerprint density at radius 3 is 2.64 bits per heavy atom. The molecule has 0 amide bonds. The number of halogens is 2. The zero-order valence-corrected chi connectivity index (χ0v) is 13.1. The van der Waals surface area contributed by atoms with E-state index in [1.54, 1.807) is 12.1 Å². The van der Waals surface area contributed by atoms with Gasteiger partial charge in [-0.2, -0.15) is 5.10 Å². The summed E-state index contributed by atoms with van der Waals surface area (Å²) in [6.07, 6.45) is 1.51. The Hall–Kier alpha value is -2.24. The lowest BCUT2D eigenvalue weighted by Gasteiger charge is -2.10. The first-order chi connectivity index (χ1) is 10.6. The molecule has 0 atom stereocenters. The molecule has 0 fully saturated rings. The van der Waals surface area contributed by atoms with Crippen LogP contribution in [0.25, 0.3) is 0 Å². The van der Waals surface area contributed by atoms with E-state index in [2.05, 4.69) is 10.2 Å². The van der Waals surface area contributed by atoms with Gasteiger partial charge in [-0.25, -0.2) is 0 Å². The number of guanidine groups is 1. The van der Waals surface area contributed by atoms with Gasteiger partial charge >= 0.3 is 0 Å². The monoisotopic (exact) mass is 336 g/mol. The summed E-state index contributed by atoms with van der Waals surface area (Å²) in [5, 5.41) is 8.47. The molecule has 2 aromatic carbocycles. The maximum Gasteiger partial charge on any atom is 0.211 e. The Kier molecular flexibility index (Phi) is 5.63. The maximum atomic E-state index is 6.12. The molecule has 0 saturated heterocycles. The highest BCUT2D eigenvalue weighted by Gasteiger charge is 2.05. The van der Waals surface area contributed by atoms with Gasteiger partial charge in [-0.3, -0.25) is 0 Å². The van der Waals surface area contributed by atoms with Crippen molar-refractivity contribution in [3.05, 3.63) is 63.6 Å². The first-order valence-corrected chi connectivity index (χ1v) is 7.09. The molecule has 0 unspecified atom stereocenters. The lowest BCUT2D eigenvalue weighted by molar-refractivity contribution is 0.306. The van der Waals surface area contributed by atoms with Crippen LogP contribution in [0.4, 0.5) is 0 Å². The largest absolute Gasteiger partial charge is 0.488 e. The van der Waals surface area contributed by atoms with Crippen LogP contribution in [0, 0.1) is 0 Å². The van der Waals surface area contributed by atoms with E-state index in [1.807, 2.05) is 30.3 Å². The summed E-state index contributed by atoms with van der Waals surface area (Å²) in [7, 11) is 0. The first-order valence-electron chi connectivity index (χ1n) is 6.34. The maximum absolute atomic E-state index is 6.12. The molecule has 0 aliphatic carbocycles. The van der Waals surface area contributed by atoms with E-state index in [4.69, 9.17) is 39.4 Å². The molecule has 0 heterocycles. The standard InChI is InChI=1S/C15H14Cl2N4O/c16-12-6-5-11(13(17)7-12)9-22-14-4-2-1-3-10(14)8-20-21-15(18)19/h1-8H,9H2,(H4,18,19,21)/b20-8-. The van der Waals surface area contributed by atoms with Crippen LogP contribution < -0.4 is 16.2 Å². The fourth-order valence-corrected chi connectivity index (χ4v) is 2.13. The summed E-state index contributed by atoms with van der Waals surface area (Å²) in [6.45, 7) is 0.309. The Balaban J connectivity index is 2.13. The molecule has 0 aromatic heterocycles. The number of nitrogens with zero attached hydrogens (tertiary/aromatic N) is 2. The van der Waals surface area contributed by atoms with Crippen molar-refractivity contribution < 1.29 is 4.74 Å². The summed E-state index contributed by atoms with van der Waals surface area (Å²) in [6, 6.07) is 12.6. The fourth-order valence-electron chi connectivity index (χ4n) is 1.67. The number of hydrogen-bond acceptors (Lipinski definition) is 3. The van der Waals surface area contributed by atoms with Gasteiger partial charge in [-0.05, 0) is 24.3 Å². The van der Waals surface area contributed by atoms with Gasteiger partial charge in [0.2, 0.25) is 5.96 Å². The van der Waals surface area contributed by atoms with Crippen molar-refractivity contribution in [2.45, 2.75) is 6.61 Å². The predicted octanol–water partition coefficient (Wildman–Crippen LogP) is 3.18. The molecule has 0 aliphatic rings. The van der Waals surface area contributed by atoms with Crippen LogP contribution in [-0.2, 0) is 6.61 Å². The van der Waals surface area contributed by atoms with E-state index in [0.29, 0.717) is 22.4 Å². The normalized spacial score (nSPS) is 10.6. The summed E-state index contributed by atoms with van der Waals surface area (Å²) in [5.41, 5.74) is 12.0. The van der Waals surface area contributed by atoms with Crippen molar-refractivity contribution in [1.29, 1.82) is 0 Å². The van der Waals surface area contributed by atoms with Gasteiger partial charge in [0.15, 0.2) is 0 Å². The van der Waals surface area contributed by atoms with Gasteiger partial charge in [0.25, 0.3) is 0 Å². The van der Waals surface area contributed by atoms with E-state index in [1.165, 1.54) is 6.21 Å². The SMILES string of the molecule is NC(N)=N/N=C\c1ccccc1OCc1ccc(Cl)cc1Cl. The molecule has 2 rings (SSSR count). The fraction of sp³-hybridized carbons (Fsp3) is 0.0667.